The lowest BCUT2D eigenvalue weighted by molar-refractivity contribution is 0.210. The number of rotatable bonds is 2. The summed E-state index contributed by atoms with van der Waals surface area (Å²) < 4.78 is 14.3. The quantitative estimate of drug-likeness (QED) is 0.458. The molecule has 140 valence electrons. The number of nitrogens with one attached hydrogen (secondary N) is 3. The first kappa shape index (κ1) is 17.6. The van der Waals surface area contributed by atoms with Gasteiger partial charge in [-0.3, -0.25) is 0 Å². The van der Waals surface area contributed by atoms with E-state index in [4.69, 9.17) is 5.26 Å². The predicted molar refractivity (Wildman–Crippen MR) is 103 cm³/mol. The highest BCUT2D eigenvalue weighted by molar-refractivity contribution is 5.82. The van der Waals surface area contributed by atoms with Gasteiger partial charge in [-0.25, -0.2) is 9.37 Å². The van der Waals surface area contributed by atoms with E-state index in [9.17, 15) is 14.6 Å². The number of aryl methyl sites for hydroxylation is 1. The van der Waals surface area contributed by atoms with Crippen LogP contribution in [0.5, 0.6) is 5.75 Å². The minimum Gasteiger partial charge on any atom is -0.508 e. The number of benzene rings is 2. The molecule has 0 saturated carbocycles. The predicted octanol–water partition coefficient (Wildman–Crippen LogP) is 4.01. The van der Waals surface area contributed by atoms with Crippen LogP contribution in [-0.4, -0.2) is 15.2 Å². The van der Waals surface area contributed by atoms with Crippen LogP contribution in [0.25, 0.3) is 0 Å². The molecule has 1 unspecified atom stereocenters. The summed E-state index contributed by atoms with van der Waals surface area (Å²) in [4.78, 5) is 4.27. The van der Waals surface area contributed by atoms with E-state index in [0.717, 1.165) is 0 Å². The molecule has 1 atom stereocenters. The van der Waals surface area contributed by atoms with Gasteiger partial charge in [0.2, 0.25) is 0 Å². The number of nitrogens with zero attached hydrogens (tertiary/aromatic N) is 2. The Labute approximate surface area is 160 Å². The summed E-state index contributed by atoms with van der Waals surface area (Å²) in [6.45, 7) is 1.60. The van der Waals surface area contributed by atoms with Gasteiger partial charge in [0.15, 0.2) is 6.23 Å². The Morgan fingerprint density at radius 1 is 1.18 bits per heavy atom. The zero-order valence-corrected chi connectivity index (χ0v) is 14.8. The minimum absolute atomic E-state index is 0.0442. The number of aliphatic hydroxyl groups is 1. The Hall–Kier alpha value is -3.83. The van der Waals surface area contributed by atoms with Gasteiger partial charge < -0.3 is 26.2 Å². The first-order valence-electron chi connectivity index (χ1n) is 8.47. The van der Waals surface area contributed by atoms with Gasteiger partial charge in [-0.15, -0.1) is 0 Å². The molecule has 4 rings (SSSR count). The molecule has 8 heteroatoms. The molecule has 1 aliphatic rings. The smallest absolute Gasteiger partial charge is 0.156 e. The number of phenolic OH excluding ortho intramolecular Hbond substituents is 1. The summed E-state index contributed by atoms with van der Waals surface area (Å²) in [5.41, 5.74) is 2.88. The molecule has 0 spiro atoms. The molecule has 2 aromatic carbocycles. The lowest BCUT2D eigenvalue weighted by Gasteiger charge is -2.18. The molecular formula is C20H16FN5O2. The van der Waals surface area contributed by atoms with E-state index in [1.165, 1.54) is 18.3 Å². The maximum Gasteiger partial charge on any atom is 0.156 e. The zero-order chi connectivity index (χ0) is 19.8. The van der Waals surface area contributed by atoms with Crippen molar-refractivity contribution >= 4 is 28.6 Å². The van der Waals surface area contributed by atoms with Crippen molar-refractivity contribution in [3.8, 4) is 11.8 Å². The van der Waals surface area contributed by atoms with Crippen LogP contribution in [0.4, 0.5) is 33.0 Å². The second kappa shape index (κ2) is 6.72. The van der Waals surface area contributed by atoms with Gasteiger partial charge in [0.05, 0.1) is 39.9 Å². The van der Waals surface area contributed by atoms with Crippen molar-refractivity contribution in [1.82, 2.24) is 4.98 Å². The van der Waals surface area contributed by atoms with E-state index in [1.807, 2.05) is 0 Å². The number of halogens is 1. The highest BCUT2D eigenvalue weighted by atomic mass is 19.1. The molecule has 1 aliphatic heterocycles. The zero-order valence-electron chi connectivity index (χ0n) is 14.8. The Morgan fingerprint density at radius 2 is 2.00 bits per heavy atom. The molecule has 3 aromatic rings. The second-order valence-electron chi connectivity index (χ2n) is 6.41. The van der Waals surface area contributed by atoms with E-state index in [-0.39, 0.29) is 11.4 Å². The third kappa shape index (κ3) is 3.04. The minimum atomic E-state index is -1.17. The molecule has 0 saturated heterocycles. The van der Waals surface area contributed by atoms with Gasteiger partial charge in [0.1, 0.15) is 17.4 Å². The molecule has 1 aromatic heterocycles. The van der Waals surface area contributed by atoms with Crippen LogP contribution in [-0.2, 0) is 0 Å². The van der Waals surface area contributed by atoms with Crippen LogP contribution in [0.15, 0.2) is 42.6 Å². The van der Waals surface area contributed by atoms with Crippen molar-refractivity contribution in [1.29, 1.82) is 5.26 Å². The van der Waals surface area contributed by atoms with Crippen molar-refractivity contribution in [2.75, 3.05) is 16.0 Å². The Bertz CT molecular complexity index is 1130. The number of aromatic hydroxyl groups is 1. The maximum atomic E-state index is 14.3. The lowest BCUT2D eigenvalue weighted by atomic mass is 10.1. The summed E-state index contributed by atoms with van der Waals surface area (Å²) in [6.07, 6.45) is 0.345. The number of hydrogen-bond donors (Lipinski definition) is 5. The van der Waals surface area contributed by atoms with Crippen LogP contribution >= 0.6 is 0 Å². The summed E-state index contributed by atoms with van der Waals surface area (Å²) in [5.74, 6) is -0.200. The molecule has 0 aliphatic carbocycles. The number of aromatic nitrogens is 1. The monoisotopic (exact) mass is 377 g/mol. The number of aliphatic hydroxyl groups excluding tert-OH is 1. The lowest BCUT2D eigenvalue weighted by Crippen LogP contribution is -2.12. The van der Waals surface area contributed by atoms with E-state index in [1.54, 1.807) is 31.2 Å². The Kier molecular flexibility index (Phi) is 4.22. The molecule has 7 nitrogen and oxygen atoms in total. The fourth-order valence-electron chi connectivity index (χ4n) is 3.05. The van der Waals surface area contributed by atoms with Crippen molar-refractivity contribution in [2.24, 2.45) is 0 Å². The fourth-order valence-corrected chi connectivity index (χ4v) is 3.05. The summed E-state index contributed by atoms with van der Waals surface area (Å²) in [5, 5.41) is 38.7. The van der Waals surface area contributed by atoms with Crippen molar-refractivity contribution < 1.29 is 14.6 Å². The van der Waals surface area contributed by atoms with Crippen molar-refractivity contribution in [3.05, 3.63) is 65.1 Å². The first-order chi connectivity index (χ1) is 13.5. The van der Waals surface area contributed by atoms with E-state index in [2.05, 4.69) is 27.0 Å². The highest BCUT2D eigenvalue weighted by Gasteiger charge is 2.24. The van der Waals surface area contributed by atoms with Crippen LogP contribution in [0.1, 0.15) is 22.9 Å². The maximum absolute atomic E-state index is 14.3. The number of fused-ring (bicyclic) bond motifs is 2. The SMILES string of the molecule is Cc1cc(F)c(Nc2ccnc3c2C(O)Nc2cc(C#N)ccc2N3)cc1O. The molecule has 5 N–H and O–H groups in total. The number of hydrogen-bond acceptors (Lipinski definition) is 7. The first-order valence-corrected chi connectivity index (χ1v) is 8.47. The van der Waals surface area contributed by atoms with Gasteiger partial charge in [-0.05, 0) is 42.8 Å². The summed E-state index contributed by atoms with van der Waals surface area (Å²) in [7, 11) is 0. The van der Waals surface area contributed by atoms with Crippen LogP contribution in [0.3, 0.4) is 0 Å². The molecule has 2 heterocycles. The van der Waals surface area contributed by atoms with E-state index in [0.29, 0.717) is 39.6 Å². The van der Waals surface area contributed by atoms with Gasteiger partial charge in [0.25, 0.3) is 0 Å². The van der Waals surface area contributed by atoms with Crippen LogP contribution in [0, 0.1) is 24.1 Å². The fraction of sp³-hybridized carbons (Fsp3) is 0.100. The standard InChI is InChI=1S/C20H16FN5O2/c1-10-6-12(21)15(8-17(10)27)24-14-4-5-23-19-18(14)20(28)26-16-7-11(9-22)2-3-13(16)25-19/h2-8,20,26-28H,1H3,(H2,23,24,25). The normalized spacial score (nSPS) is 14.6. The van der Waals surface area contributed by atoms with Gasteiger partial charge in [-0.1, -0.05) is 0 Å². The molecular weight excluding hydrogens is 361 g/mol. The number of pyridine rings is 1. The number of phenols is 1. The summed E-state index contributed by atoms with van der Waals surface area (Å²) in [6, 6.07) is 11.1. The third-order valence-electron chi connectivity index (χ3n) is 4.51. The molecule has 0 fully saturated rings. The van der Waals surface area contributed by atoms with Crippen LogP contribution < -0.4 is 16.0 Å². The topological polar surface area (TPSA) is 113 Å². The van der Waals surface area contributed by atoms with E-state index >= 15 is 0 Å². The third-order valence-corrected chi connectivity index (χ3v) is 4.51. The average molecular weight is 377 g/mol. The van der Waals surface area contributed by atoms with Crippen molar-refractivity contribution in [3.63, 3.8) is 0 Å². The average Bonchev–Trinajstić information content (AvgIpc) is 2.81. The van der Waals surface area contributed by atoms with Crippen molar-refractivity contribution in [2.45, 2.75) is 13.2 Å². The molecule has 0 bridgehead atoms. The van der Waals surface area contributed by atoms with Gasteiger partial charge >= 0.3 is 0 Å². The van der Waals surface area contributed by atoms with Crippen LogP contribution in [0.2, 0.25) is 0 Å². The highest BCUT2D eigenvalue weighted by Crippen LogP contribution is 2.40. The van der Waals surface area contributed by atoms with Gasteiger partial charge in [0, 0.05) is 12.3 Å². The van der Waals surface area contributed by atoms with E-state index < -0.39 is 12.0 Å². The molecule has 28 heavy (non-hydrogen) atoms. The molecule has 0 radical (unpaired) electrons. The second-order valence-corrected chi connectivity index (χ2v) is 6.41. The molecule has 0 amide bonds. The summed E-state index contributed by atoms with van der Waals surface area (Å²) >= 11 is 0. The largest absolute Gasteiger partial charge is 0.508 e. The van der Waals surface area contributed by atoms with Gasteiger partial charge in [-0.2, -0.15) is 5.26 Å². The number of nitriles is 1. The Balaban J connectivity index is 1.76. The Morgan fingerprint density at radius 3 is 2.79 bits per heavy atom. The number of anilines is 5.